The molecule has 3 nitrogen and oxygen atoms in total. The van der Waals surface area contributed by atoms with Crippen LogP contribution in [-0.4, -0.2) is 28.7 Å². The quantitative estimate of drug-likeness (QED) is 0.798. The zero-order valence-corrected chi connectivity index (χ0v) is 11.7. The number of hydrogen-bond donors (Lipinski definition) is 0. The van der Waals surface area contributed by atoms with E-state index in [1.807, 2.05) is 12.3 Å². The molecule has 1 aliphatic heterocycles. The molecule has 100 valence electrons. The van der Waals surface area contributed by atoms with Gasteiger partial charge >= 0.3 is 0 Å². The lowest BCUT2D eigenvalue weighted by Crippen LogP contribution is -2.30. The number of nitrogens with zero attached hydrogens (tertiary/aromatic N) is 3. The molecule has 19 heavy (non-hydrogen) atoms. The van der Waals surface area contributed by atoms with E-state index in [1.54, 1.807) is 0 Å². The molecule has 0 amide bonds. The van der Waals surface area contributed by atoms with Crippen molar-refractivity contribution in [1.82, 2.24) is 10.2 Å². The van der Waals surface area contributed by atoms with Crippen molar-refractivity contribution in [2.24, 2.45) is 0 Å². The summed E-state index contributed by atoms with van der Waals surface area (Å²) in [5.74, 6) is 1.78. The van der Waals surface area contributed by atoms with Crippen molar-refractivity contribution in [3.05, 3.63) is 30.5 Å². The molecule has 4 heteroatoms. The highest BCUT2D eigenvalue weighted by Gasteiger charge is 2.26. The maximum Gasteiger partial charge on any atom is 0.159 e. The lowest BCUT2D eigenvalue weighted by molar-refractivity contribution is 0.598. The third kappa shape index (κ3) is 2.52. The van der Waals surface area contributed by atoms with E-state index in [4.69, 9.17) is 11.6 Å². The molecule has 3 rings (SSSR count). The summed E-state index contributed by atoms with van der Waals surface area (Å²) in [6.07, 6.45) is 6.53. The van der Waals surface area contributed by atoms with Crippen molar-refractivity contribution >= 4 is 28.2 Å². The molecule has 1 fully saturated rings. The van der Waals surface area contributed by atoms with Crippen LogP contribution in [0.25, 0.3) is 10.8 Å². The Hall–Kier alpha value is -1.35. The van der Waals surface area contributed by atoms with Gasteiger partial charge in [0.15, 0.2) is 5.82 Å². The molecular formula is C15H18ClN3. The largest absolute Gasteiger partial charge is 0.352 e. The predicted octanol–water partition coefficient (Wildman–Crippen LogP) is 3.62. The Balaban J connectivity index is 1.94. The highest BCUT2D eigenvalue weighted by Crippen LogP contribution is 2.31. The van der Waals surface area contributed by atoms with E-state index in [9.17, 15) is 0 Å². The summed E-state index contributed by atoms with van der Waals surface area (Å²) in [6, 6.07) is 8.91. The number of benzene rings is 1. The molecule has 2 heterocycles. The van der Waals surface area contributed by atoms with E-state index in [0.717, 1.165) is 36.5 Å². The summed E-state index contributed by atoms with van der Waals surface area (Å²) in [5.41, 5.74) is 0. The first-order chi connectivity index (χ1) is 9.40. The zero-order valence-electron chi connectivity index (χ0n) is 10.9. The molecule has 0 bridgehead atoms. The Morgan fingerprint density at radius 1 is 1.32 bits per heavy atom. The second-order valence-electron chi connectivity index (χ2n) is 5.08. The van der Waals surface area contributed by atoms with Crippen LogP contribution in [0, 0.1) is 0 Å². The van der Waals surface area contributed by atoms with Crippen LogP contribution in [0.15, 0.2) is 30.5 Å². The fourth-order valence-electron chi connectivity index (χ4n) is 2.95. The third-order valence-electron chi connectivity index (χ3n) is 3.87. The standard InChI is InChI=1S/C15H18ClN3/c16-9-3-6-13-7-4-10-19(13)15-14-8-2-1-5-12(14)11-17-18-15/h1-2,5,8,11,13H,3-4,6-7,9-10H2. The number of halogens is 1. The van der Waals surface area contributed by atoms with Crippen molar-refractivity contribution < 1.29 is 0 Å². The van der Waals surface area contributed by atoms with Gasteiger partial charge in [0.1, 0.15) is 0 Å². The first-order valence-corrected chi connectivity index (χ1v) is 7.46. The Morgan fingerprint density at radius 2 is 2.21 bits per heavy atom. The van der Waals surface area contributed by atoms with Crippen LogP contribution in [0.1, 0.15) is 25.7 Å². The van der Waals surface area contributed by atoms with E-state index >= 15 is 0 Å². The molecule has 0 saturated carbocycles. The van der Waals surface area contributed by atoms with Crippen LogP contribution in [0.2, 0.25) is 0 Å². The highest BCUT2D eigenvalue weighted by atomic mass is 35.5. The molecule has 1 unspecified atom stereocenters. The number of fused-ring (bicyclic) bond motifs is 1. The Kier molecular flexibility index (Phi) is 3.83. The number of alkyl halides is 1. The van der Waals surface area contributed by atoms with Crippen LogP contribution in [0.5, 0.6) is 0 Å². The van der Waals surface area contributed by atoms with Gasteiger partial charge < -0.3 is 4.90 Å². The minimum Gasteiger partial charge on any atom is -0.352 e. The monoisotopic (exact) mass is 275 g/mol. The first kappa shape index (κ1) is 12.7. The SMILES string of the molecule is ClCCCC1CCCN1c1nncc2ccccc12. The van der Waals surface area contributed by atoms with E-state index < -0.39 is 0 Å². The van der Waals surface area contributed by atoms with Crippen LogP contribution < -0.4 is 4.90 Å². The normalized spacial score (nSPS) is 19.2. The highest BCUT2D eigenvalue weighted by molar-refractivity contribution is 6.17. The van der Waals surface area contributed by atoms with Crippen LogP contribution in [0.4, 0.5) is 5.82 Å². The molecule has 1 aliphatic rings. The summed E-state index contributed by atoms with van der Waals surface area (Å²) in [4.78, 5) is 2.42. The number of aromatic nitrogens is 2. The molecule has 0 spiro atoms. The van der Waals surface area contributed by atoms with Gasteiger partial charge in [-0.15, -0.1) is 16.7 Å². The van der Waals surface area contributed by atoms with Crippen molar-refractivity contribution in [3.8, 4) is 0 Å². The van der Waals surface area contributed by atoms with Gasteiger partial charge in [0.25, 0.3) is 0 Å². The maximum absolute atomic E-state index is 5.82. The first-order valence-electron chi connectivity index (χ1n) is 6.93. The third-order valence-corrected chi connectivity index (χ3v) is 4.14. The molecule has 1 saturated heterocycles. The molecular weight excluding hydrogens is 258 g/mol. The minimum absolute atomic E-state index is 0.568. The van der Waals surface area contributed by atoms with Gasteiger partial charge in [0, 0.05) is 29.2 Å². The smallest absolute Gasteiger partial charge is 0.159 e. The van der Waals surface area contributed by atoms with Crippen LogP contribution >= 0.6 is 11.6 Å². The fraction of sp³-hybridized carbons (Fsp3) is 0.467. The molecule has 2 aromatic rings. The summed E-state index contributed by atoms with van der Waals surface area (Å²) >= 11 is 5.82. The Labute approximate surface area is 118 Å². The summed E-state index contributed by atoms with van der Waals surface area (Å²) in [6.45, 7) is 1.08. The molecule has 1 aromatic heterocycles. The van der Waals surface area contributed by atoms with E-state index in [0.29, 0.717) is 6.04 Å². The average Bonchev–Trinajstić information content (AvgIpc) is 2.92. The summed E-state index contributed by atoms with van der Waals surface area (Å²) in [7, 11) is 0. The van der Waals surface area contributed by atoms with Gasteiger partial charge in [-0.25, -0.2) is 0 Å². The second-order valence-corrected chi connectivity index (χ2v) is 5.45. The summed E-state index contributed by atoms with van der Waals surface area (Å²) in [5, 5.41) is 10.9. The topological polar surface area (TPSA) is 29.0 Å². The van der Waals surface area contributed by atoms with Crippen molar-refractivity contribution in [3.63, 3.8) is 0 Å². The van der Waals surface area contributed by atoms with Crippen LogP contribution in [0.3, 0.4) is 0 Å². The van der Waals surface area contributed by atoms with Gasteiger partial charge in [0.2, 0.25) is 0 Å². The van der Waals surface area contributed by atoms with E-state index in [1.165, 1.54) is 18.2 Å². The van der Waals surface area contributed by atoms with E-state index in [-0.39, 0.29) is 0 Å². The Bertz CT molecular complexity index is 553. The van der Waals surface area contributed by atoms with Crippen LogP contribution in [-0.2, 0) is 0 Å². The van der Waals surface area contributed by atoms with Gasteiger partial charge in [-0.05, 0) is 25.7 Å². The molecule has 0 radical (unpaired) electrons. The van der Waals surface area contributed by atoms with Crippen molar-refractivity contribution in [2.75, 3.05) is 17.3 Å². The molecule has 1 atom stereocenters. The van der Waals surface area contributed by atoms with E-state index in [2.05, 4.69) is 33.3 Å². The minimum atomic E-state index is 0.568. The molecule has 1 aromatic carbocycles. The van der Waals surface area contributed by atoms with Gasteiger partial charge in [-0.2, -0.15) is 5.10 Å². The zero-order chi connectivity index (χ0) is 13.1. The Morgan fingerprint density at radius 3 is 3.11 bits per heavy atom. The fourth-order valence-corrected chi connectivity index (χ4v) is 3.11. The second kappa shape index (κ2) is 5.74. The molecule has 0 aliphatic carbocycles. The van der Waals surface area contributed by atoms with Gasteiger partial charge in [-0.3, -0.25) is 0 Å². The lowest BCUT2D eigenvalue weighted by atomic mass is 10.1. The van der Waals surface area contributed by atoms with Gasteiger partial charge in [0.05, 0.1) is 6.20 Å². The molecule has 0 N–H and O–H groups in total. The predicted molar refractivity (Wildman–Crippen MR) is 79.9 cm³/mol. The van der Waals surface area contributed by atoms with Crippen molar-refractivity contribution in [2.45, 2.75) is 31.7 Å². The number of rotatable bonds is 4. The lowest BCUT2D eigenvalue weighted by Gasteiger charge is -2.26. The average molecular weight is 276 g/mol. The summed E-state index contributed by atoms with van der Waals surface area (Å²) < 4.78 is 0. The van der Waals surface area contributed by atoms with Gasteiger partial charge in [-0.1, -0.05) is 24.3 Å². The number of anilines is 1. The van der Waals surface area contributed by atoms with Crippen molar-refractivity contribution in [1.29, 1.82) is 0 Å². The maximum atomic E-state index is 5.82. The number of hydrogen-bond acceptors (Lipinski definition) is 3.